The van der Waals surface area contributed by atoms with Crippen molar-refractivity contribution in [2.45, 2.75) is 32.4 Å². The Balaban J connectivity index is 3.14. The molecule has 3 N–H and O–H groups in total. The normalized spacial score (nSPS) is 12.3. The third-order valence-corrected chi connectivity index (χ3v) is 3.55. The summed E-state index contributed by atoms with van der Waals surface area (Å²) in [6.45, 7) is 5.14. The number of aliphatic carboxylic acids is 1. The van der Waals surface area contributed by atoms with Crippen LogP contribution in [-0.4, -0.2) is 48.1 Å². The second-order valence-corrected chi connectivity index (χ2v) is 6.24. The number of rotatable bonds is 10. The van der Waals surface area contributed by atoms with Gasteiger partial charge in [-0.3, -0.25) is 4.79 Å². The standard InChI is InChI=1S/C16H24Cl2N2O3/c1-11(2)23-15-4-3-12(9-13(19)16(21)22)10-14(15)20(7-5-17)8-6-18/h3-4,10-11,13H,5-9,19H2,1-2H3,(H,21,22). The van der Waals surface area contributed by atoms with Crippen LogP contribution in [0, 0.1) is 0 Å². The summed E-state index contributed by atoms with van der Waals surface area (Å²) in [5, 5.41) is 8.97. The molecule has 0 aliphatic rings. The third-order valence-electron chi connectivity index (χ3n) is 3.21. The van der Waals surface area contributed by atoms with Crippen molar-refractivity contribution in [1.29, 1.82) is 0 Å². The zero-order valence-electron chi connectivity index (χ0n) is 13.5. The van der Waals surface area contributed by atoms with Gasteiger partial charge in [-0.15, -0.1) is 23.2 Å². The molecule has 0 spiro atoms. The quantitative estimate of drug-likeness (QED) is 0.625. The van der Waals surface area contributed by atoms with Crippen LogP contribution in [0.3, 0.4) is 0 Å². The first-order chi connectivity index (χ1) is 10.9. The average molecular weight is 363 g/mol. The van der Waals surface area contributed by atoms with Gasteiger partial charge in [0, 0.05) is 24.8 Å². The second kappa shape index (κ2) is 9.85. The van der Waals surface area contributed by atoms with Gasteiger partial charge >= 0.3 is 5.97 Å². The maximum absolute atomic E-state index is 10.9. The summed E-state index contributed by atoms with van der Waals surface area (Å²) in [5.74, 6) is 0.614. The lowest BCUT2D eigenvalue weighted by Gasteiger charge is -2.27. The van der Waals surface area contributed by atoms with Crippen molar-refractivity contribution in [2.75, 3.05) is 29.7 Å². The maximum atomic E-state index is 10.9. The molecule has 7 heteroatoms. The topological polar surface area (TPSA) is 75.8 Å². The van der Waals surface area contributed by atoms with Crippen molar-refractivity contribution in [3.63, 3.8) is 0 Å². The number of carbonyl (C=O) groups is 1. The van der Waals surface area contributed by atoms with E-state index in [1.54, 1.807) is 0 Å². The van der Waals surface area contributed by atoms with E-state index in [-0.39, 0.29) is 12.5 Å². The van der Waals surface area contributed by atoms with Crippen molar-refractivity contribution in [3.05, 3.63) is 23.8 Å². The van der Waals surface area contributed by atoms with Gasteiger partial charge in [-0.2, -0.15) is 0 Å². The Labute approximate surface area is 147 Å². The summed E-state index contributed by atoms with van der Waals surface area (Å²) in [7, 11) is 0. The first-order valence-electron chi connectivity index (χ1n) is 7.53. The molecule has 0 bridgehead atoms. The van der Waals surface area contributed by atoms with Gasteiger partial charge in [0.05, 0.1) is 11.8 Å². The Bertz CT molecular complexity index is 506. The number of anilines is 1. The van der Waals surface area contributed by atoms with E-state index in [0.29, 0.717) is 24.8 Å². The molecule has 0 radical (unpaired) electrons. The summed E-state index contributed by atoms with van der Waals surface area (Å²) in [5.41, 5.74) is 7.31. The number of hydrogen-bond donors (Lipinski definition) is 2. The summed E-state index contributed by atoms with van der Waals surface area (Å²) in [4.78, 5) is 13.0. The van der Waals surface area contributed by atoms with Crippen LogP contribution >= 0.6 is 23.2 Å². The molecule has 1 aromatic rings. The van der Waals surface area contributed by atoms with E-state index in [2.05, 4.69) is 0 Å². The number of ether oxygens (including phenoxy) is 1. The van der Waals surface area contributed by atoms with Crippen LogP contribution in [0.4, 0.5) is 5.69 Å². The lowest BCUT2D eigenvalue weighted by atomic mass is 10.0. The molecule has 0 aliphatic heterocycles. The van der Waals surface area contributed by atoms with E-state index in [1.807, 2.05) is 36.9 Å². The highest BCUT2D eigenvalue weighted by Gasteiger charge is 2.17. The van der Waals surface area contributed by atoms with Gasteiger partial charge in [0.1, 0.15) is 11.8 Å². The minimum atomic E-state index is -1.02. The number of carboxylic acids is 1. The fourth-order valence-corrected chi connectivity index (χ4v) is 2.60. The molecule has 1 aromatic carbocycles. The highest BCUT2D eigenvalue weighted by molar-refractivity contribution is 6.18. The smallest absolute Gasteiger partial charge is 0.320 e. The van der Waals surface area contributed by atoms with Crippen LogP contribution in [0.1, 0.15) is 19.4 Å². The fourth-order valence-electron chi connectivity index (χ4n) is 2.19. The van der Waals surface area contributed by atoms with Crippen molar-refractivity contribution in [1.82, 2.24) is 0 Å². The van der Waals surface area contributed by atoms with Gasteiger partial charge in [0.25, 0.3) is 0 Å². The molecule has 0 amide bonds. The zero-order chi connectivity index (χ0) is 17.4. The van der Waals surface area contributed by atoms with Gasteiger partial charge in [-0.05, 0) is 38.0 Å². The van der Waals surface area contributed by atoms with Crippen LogP contribution in [0.2, 0.25) is 0 Å². The van der Waals surface area contributed by atoms with Crippen molar-refractivity contribution < 1.29 is 14.6 Å². The maximum Gasteiger partial charge on any atom is 0.320 e. The molecule has 0 saturated carbocycles. The number of nitrogens with zero attached hydrogens (tertiary/aromatic N) is 1. The third kappa shape index (κ3) is 6.45. The number of nitrogens with two attached hydrogens (primary N) is 1. The van der Waals surface area contributed by atoms with Crippen LogP contribution < -0.4 is 15.4 Å². The summed E-state index contributed by atoms with van der Waals surface area (Å²) in [6.07, 6.45) is 0.273. The van der Waals surface area contributed by atoms with E-state index in [1.165, 1.54) is 0 Å². The Morgan fingerprint density at radius 2 is 1.91 bits per heavy atom. The summed E-state index contributed by atoms with van der Waals surface area (Å²) in [6, 6.07) is 4.65. The largest absolute Gasteiger partial charge is 0.489 e. The predicted molar refractivity (Wildman–Crippen MR) is 95.2 cm³/mol. The molecule has 5 nitrogen and oxygen atoms in total. The lowest BCUT2D eigenvalue weighted by molar-refractivity contribution is -0.138. The van der Waals surface area contributed by atoms with E-state index in [9.17, 15) is 4.79 Å². The summed E-state index contributed by atoms with van der Waals surface area (Å²) >= 11 is 11.8. The molecule has 0 aromatic heterocycles. The van der Waals surface area contributed by atoms with E-state index in [0.717, 1.165) is 17.0 Å². The zero-order valence-corrected chi connectivity index (χ0v) is 15.0. The first kappa shape index (κ1) is 19.9. The minimum Gasteiger partial charge on any atom is -0.489 e. The highest BCUT2D eigenvalue weighted by Crippen LogP contribution is 2.31. The Morgan fingerprint density at radius 1 is 1.30 bits per heavy atom. The number of benzene rings is 1. The van der Waals surface area contributed by atoms with Gasteiger partial charge in [0.2, 0.25) is 0 Å². The minimum absolute atomic E-state index is 0.0229. The Kier molecular flexibility index (Phi) is 8.52. The second-order valence-electron chi connectivity index (χ2n) is 5.48. The fraction of sp³-hybridized carbons (Fsp3) is 0.562. The molecule has 1 rings (SSSR count). The molecule has 23 heavy (non-hydrogen) atoms. The monoisotopic (exact) mass is 362 g/mol. The van der Waals surface area contributed by atoms with Gasteiger partial charge < -0.3 is 20.5 Å². The van der Waals surface area contributed by atoms with Gasteiger partial charge in [0.15, 0.2) is 0 Å². The van der Waals surface area contributed by atoms with Crippen molar-refractivity contribution in [3.8, 4) is 5.75 Å². The van der Waals surface area contributed by atoms with E-state index >= 15 is 0 Å². The molecule has 0 fully saturated rings. The van der Waals surface area contributed by atoms with Crippen LogP contribution in [0.5, 0.6) is 5.75 Å². The van der Waals surface area contributed by atoms with E-state index < -0.39 is 12.0 Å². The molecule has 130 valence electrons. The lowest BCUT2D eigenvalue weighted by Crippen LogP contribution is -2.32. The number of carboxylic acid groups (broad SMARTS) is 1. The molecular weight excluding hydrogens is 339 g/mol. The predicted octanol–water partition coefficient (Wildman–Crippen LogP) is 2.71. The van der Waals surface area contributed by atoms with Crippen molar-refractivity contribution in [2.24, 2.45) is 5.73 Å². The Morgan fingerprint density at radius 3 is 2.39 bits per heavy atom. The Hall–Kier alpha value is -1.17. The van der Waals surface area contributed by atoms with Crippen LogP contribution in [0.15, 0.2) is 18.2 Å². The SMILES string of the molecule is CC(C)Oc1ccc(CC(N)C(=O)O)cc1N(CCCl)CCCl. The van der Waals surface area contributed by atoms with Crippen LogP contribution in [-0.2, 0) is 11.2 Å². The molecular formula is C16H24Cl2N2O3. The van der Waals surface area contributed by atoms with E-state index in [4.69, 9.17) is 38.8 Å². The van der Waals surface area contributed by atoms with Gasteiger partial charge in [-0.1, -0.05) is 6.07 Å². The molecule has 0 aliphatic carbocycles. The number of halogens is 2. The van der Waals surface area contributed by atoms with Crippen LogP contribution in [0.25, 0.3) is 0 Å². The molecule has 0 saturated heterocycles. The molecule has 1 unspecified atom stereocenters. The molecule has 0 heterocycles. The molecule has 1 atom stereocenters. The first-order valence-corrected chi connectivity index (χ1v) is 8.60. The highest BCUT2D eigenvalue weighted by atomic mass is 35.5. The van der Waals surface area contributed by atoms with Gasteiger partial charge in [-0.25, -0.2) is 0 Å². The number of hydrogen-bond acceptors (Lipinski definition) is 4. The average Bonchev–Trinajstić information content (AvgIpc) is 2.48. The number of alkyl halides is 2. The van der Waals surface area contributed by atoms with Crippen molar-refractivity contribution >= 4 is 34.9 Å². The summed E-state index contributed by atoms with van der Waals surface area (Å²) < 4.78 is 5.85.